The number of carbonyl (C=O) groups is 2. The van der Waals surface area contributed by atoms with Gasteiger partial charge in [0.05, 0.1) is 36.1 Å². The third-order valence-electron chi connectivity index (χ3n) is 20.2. The van der Waals surface area contributed by atoms with E-state index in [0.717, 1.165) is 27.4 Å². The fourth-order valence-electron chi connectivity index (χ4n) is 14.2. The molecule has 0 aliphatic rings. The van der Waals surface area contributed by atoms with E-state index in [1.54, 1.807) is 23.8 Å². The molecule has 0 aliphatic heterocycles. The maximum absolute atomic E-state index is 11.3. The molecule has 4 aromatic heterocycles. The number of nitrogens with zero attached hydrogens (tertiary/aromatic N) is 6. The quantitative estimate of drug-likeness (QED) is 0.0102. The largest absolute Gasteiger partial charge is 0.465 e. The maximum atomic E-state index is 11.3. The van der Waals surface area contributed by atoms with Crippen LogP contribution in [-0.4, -0.2) is 84.9 Å². The number of hydrogen-bond donors (Lipinski definition) is 0. The van der Waals surface area contributed by atoms with Gasteiger partial charge in [-0.25, -0.2) is 19.9 Å². The van der Waals surface area contributed by atoms with Crippen molar-refractivity contribution in [2.45, 2.75) is 111 Å². The molecule has 0 unspecified atom stereocenters. The second kappa shape index (κ2) is 61.3. The van der Waals surface area contributed by atoms with Crippen molar-refractivity contribution in [2.24, 2.45) is 0 Å². The third kappa shape index (κ3) is 36.4. The van der Waals surface area contributed by atoms with Crippen LogP contribution in [0.1, 0.15) is 84.5 Å². The van der Waals surface area contributed by atoms with Crippen LogP contribution in [0.4, 0.5) is 0 Å². The van der Waals surface area contributed by atoms with Crippen LogP contribution < -0.4 is 67.4 Å². The zero-order valence-corrected chi connectivity index (χ0v) is 86.9. The molecule has 10 nitrogen and oxygen atoms in total. The summed E-state index contributed by atoms with van der Waals surface area (Å²) in [4.78, 5) is 48.5. The Morgan fingerprint density at radius 1 is 0.298 bits per heavy atom. The maximum Gasteiger partial charge on any atom is 0.316 e. The zero-order chi connectivity index (χ0) is 91.3. The molecule has 672 valence electrons. The first-order valence-corrected chi connectivity index (χ1v) is 60.1. The second-order valence-electron chi connectivity index (χ2n) is 29.9. The molecule has 12 aromatic carbocycles. The van der Waals surface area contributed by atoms with E-state index < -0.39 is 50.1 Å². The van der Waals surface area contributed by atoms with Crippen LogP contribution >= 0.6 is 71.1 Å². The van der Waals surface area contributed by atoms with Gasteiger partial charge in [0.15, 0.2) is 10.3 Å². The molecule has 0 saturated heterocycles. The molecule has 16 rings (SSSR count). The molecule has 16 aromatic rings. The number of pyridine rings is 2. The van der Waals surface area contributed by atoms with Gasteiger partial charge in [-0.2, -0.15) is 0 Å². The molecule has 131 heavy (non-hydrogen) atoms. The Morgan fingerprint density at radius 2 is 0.534 bits per heavy atom. The van der Waals surface area contributed by atoms with Crippen LogP contribution in [-0.2, 0) is 39.5 Å². The van der Waals surface area contributed by atoms with E-state index in [4.69, 9.17) is 14.5 Å². The van der Waals surface area contributed by atoms with E-state index in [-0.39, 0.29) is 43.9 Å². The van der Waals surface area contributed by atoms with Gasteiger partial charge in [-0.3, -0.25) is 14.6 Å². The third-order valence-corrected chi connectivity index (χ3v) is 47.2. The van der Waals surface area contributed by atoms with Crippen LogP contribution in [0.2, 0.25) is 13.3 Å². The summed E-state index contributed by atoms with van der Waals surface area (Å²) in [6, 6.07) is 145. The van der Waals surface area contributed by atoms with Crippen molar-refractivity contribution in [3.05, 3.63) is 441 Å². The van der Waals surface area contributed by atoms with Gasteiger partial charge in [-0.05, 0) is 163 Å². The van der Waals surface area contributed by atoms with E-state index in [1.165, 1.54) is 139 Å². The van der Waals surface area contributed by atoms with E-state index >= 15 is 0 Å². The summed E-state index contributed by atoms with van der Waals surface area (Å²) in [5.74, 6) is -0.0615. The Bertz CT molecular complexity index is 4880. The fraction of sp³-hybridized carbons (Fsp3) is 0.179. The predicted molar refractivity (Wildman–Crippen MR) is 569 cm³/mol. The number of unbranched alkanes of at least 4 members (excludes halogenated alkanes) is 3. The van der Waals surface area contributed by atoms with E-state index in [0.29, 0.717) is 23.5 Å². The van der Waals surface area contributed by atoms with E-state index in [2.05, 4.69) is 444 Å². The number of aromatic nitrogens is 6. The van der Waals surface area contributed by atoms with Crippen molar-refractivity contribution in [3.63, 3.8) is 0 Å². The van der Waals surface area contributed by atoms with Crippen molar-refractivity contribution in [1.82, 2.24) is 29.9 Å². The molecule has 0 bridgehead atoms. The molecule has 19 heteroatoms. The van der Waals surface area contributed by atoms with Gasteiger partial charge < -0.3 is 9.47 Å². The minimum atomic E-state index is -2.21. The van der Waals surface area contributed by atoms with Gasteiger partial charge >= 0.3 is 136 Å². The first-order valence-electron chi connectivity index (χ1n) is 44.5. The molecule has 0 aliphatic carbocycles. The summed E-state index contributed by atoms with van der Waals surface area (Å²) < 4.78 is 16.5. The van der Waals surface area contributed by atoms with Gasteiger partial charge in [0.2, 0.25) is 0 Å². The first-order chi connectivity index (χ1) is 63.9. The molecular formula is C112H117BrN6O4P4PdS2Sn. The molecule has 0 N–H and O–H groups in total. The van der Waals surface area contributed by atoms with Crippen molar-refractivity contribution < 1.29 is 39.5 Å². The Balaban J connectivity index is 0.000000172. The van der Waals surface area contributed by atoms with E-state index in [1.807, 2.05) is 50.4 Å². The van der Waals surface area contributed by atoms with Crippen molar-refractivity contribution in [3.8, 4) is 11.4 Å². The average Bonchev–Trinajstić information content (AvgIpc) is 0.814. The topological polar surface area (TPSA) is 130 Å². The van der Waals surface area contributed by atoms with Crippen molar-refractivity contribution >= 4 is 169 Å². The molecular weight excluding hydrogens is 1990 g/mol. The Labute approximate surface area is 818 Å². The average molecular weight is 2100 g/mol. The number of ether oxygens (including phenoxy) is 2. The smallest absolute Gasteiger partial charge is 0.316 e. The fourth-order valence-corrected chi connectivity index (χ4v) is 40.8. The second-order valence-corrected chi connectivity index (χ2v) is 54.5. The molecule has 4 heterocycles. The van der Waals surface area contributed by atoms with Gasteiger partial charge in [-0.1, -0.05) is 394 Å². The Kier molecular flexibility index (Phi) is 49.1. The number of carbonyl (C=O) groups excluding carboxylic acids is 2. The number of thioether (sulfide) groups is 2. The molecule has 0 amide bonds. The molecule has 0 spiro atoms. The summed E-state index contributed by atoms with van der Waals surface area (Å²) in [6.07, 6.45) is 12.0. The minimum Gasteiger partial charge on any atom is -0.465 e. The summed E-state index contributed by atoms with van der Waals surface area (Å²) >= 11 is 3.60. The van der Waals surface area contributed by atoms with Crippen LogP contribution in [0.5, 0.6) is 0 Å². The summed E-state index contributed by atoms with van der Waals surface area (Å²) in [7, 11) is -1.78. The minimum absolute atomic E-state index is 0. The van der Waals surface area contributed by atoms with Crippen LogP contribution in [0.3, 0.4) is 0 Å². The van der Waals surface area contributed by atoms with E-state index in [9.17, 15) is 9.59 Å². The molecule has 0 saturated carbocycles. The van der Waals surface area contributed by atoms with Gasteiger partial charge in [0, 0.05) is 38.0 Å². The summed E-state index contributed by atoms with van der Waals surface area (Å²) in [6.45, 7) is 15.1. The molecule has 0 atom stereocenters. The van der Waals surface area contributed by atoms with Crippen molar-refractivity contribution in [1.29, 1.82) is 0 Å². The molecule has 0 radical (unpaired) electrons. The zero-order valence-electron chi connectivity index (χ0n) is 75.7. The SMILES string of the molecule is CCC[CH2][Sn]([CH2]CCC)([CH2]CCC)[c]1ccccn1.CCOC(=O)CSc1nc(C)cc(-c2ccccn2)n1.CCOC(=O)CSc1nc(C)cc(Br)n1.[Pd].c1ccc(P(c2ccccc2)c2ccccc2)cc1.c1ccc(P(c2ccccc2)c2ccccc2)cc1.c1ccc(P(c2ccccc2)c2ccccc2)cc1.c1ccc(P(c2ccccc2)c2ccccc2)cc1. The number of aryl methyl sites for hydroxylation is 2. The first kappa shape index (κ1) is 105. The van der Waals surface area contributed by atoms with Crippen LogP contribution in [0.25, 0.3) is 11.4 Å². The van der Waals surface area contributed by atoms with Crippen LogP contribution in [0.15, 0.2) is 440 Å². The number of benzene rings is 12. The van der Waals surface area contributed by atoms with Gasteiger partial charge in [0.1, 0.15) is 4.60 Å². The number of rotatable bonds is 31. The Hall–Kier alpha value is -9.60. The van der Waals surface area contributed by atoms with Crippen molar-refractivity contribution in [2.75, 3.05) is 24.7 Å². The van der Waals surface area contributed by atoms with Gasteiger partial charge in [-0.15, -0.1) is 0 Å². The number of hydrogen-bond acceptors (Lipinski definition) is 12. The molecule has 0 fully saturated rings. The van der Waals surface area contributed by atoms with Gasteiger partial charge in [0.25, 0.3) is 0 Å². The van der Waals surface area contributed by atoms with Crippen LogP contribution in [0, 0.1) is 13.8 Å². The predicted octanol–water partition coefficient (Wildman–Crippen LogP) is 23.6. The summed E-state index contributed by atoms with van der Waals surface area (Å²) in [5, 5.41) is 17.9. The standard InChI is InChI=1S/4C18H15P.C14H15N3O2S.C9H11BrN2O2S.C5H4N.3C4H9.Pd.Sn/c4*1-4-10-16(11-5-1)19(17-12-6-2-7-13-17)18-14-8-3-9-15-18;1-3-19-13(18)9-20-14-16-10(2)8-12(17-14)11-6-4-5-7-15-11;1-3-14-8(13)5-15-9-11-6(2)4-7(10)12-9;1-2-4-6-5-3-1;3*1-3-4-2;;/h4*1-15H;4-8H,3,9H2,1-2H3;4H,3,5H2,1-2H3;1-4H;3*1,3-4H2,2H3;;. The summed E-state index contributed by atoms with van der Waals surface area (Å²) in [5.41, 5.74) is 3.25. The Morgan fingerprint density at radius 3 is 0.756 bits per heavy atom. The monoisotopic (exact) mass is 2100 g/mol. The number of halogens is 1. The number of esters is 2. The normalized spacial score (nSPS) is 10.6.